The highest BCUT2D eigenvalue weighted by Gasteiger charge is 2.23. The minimum absolute atomic E-state index is 0.0334. The molecule has 3 amide bonds. The van der Waals surface area contributed by atoms with Crippen molar-refractivity contribution in [1.29, 1.82) is 0 Å². The number of nitrogens with one attached hydrogen (secondary N) is 1. The Morgan fingerprint density at radius 2 is 1.84 bits per heavy atom. The summed E-state index contributed by atoms with van der Waals surface area (Å²) in [5, 5.41) is 6.28. The van der Waals surface area contributed by atoms with Crippen molar-refractivity contribution in [3.8, 4) is 0 Å². The predicted octanol–water partition coefficient (Wildman–Crippen LogP) is -0.0281. The maximum atomic E-state index is 12.2. The number of piperazine rings is 1. The maximum Gasteiger partial charge on any atom is 0.248 e. The molecule has 25 heavy (non-hydrogen) atoms. The molecular formula is C15H22N4O5S. The number of hydrogen-bond acceptors (Lipinski definition) is 7. The Balaban J connectivity index is 1.64. The van der Waals surface area contributed by atoms with Gasteiger partial charge in [-0.15, -0.1) is 11.8 Å². The van der Waals surface area contributed by atoms with Gasteiger partial charge < -0.3 is 24.4 Å². The van der Waals surface area contributed by atoms with Crippen LogP contribution in [0.5, 0.6) is 0 Å². The number of thioether (sulfide) groups is 1. The van der Waals surface area contributed by atoms with Gasteiger partial charge in [0.2, 0.25) is 17.7 Å². The van der Waals surface area contributed by atoms with Crippen molar-refractivity contribution in [2.24, 2.45) is 0 Å². The molecule has 0 radical (unpaired) electrons. The van der Waals surface area contributed by atoms with E-state index in [1.807, 2.05) is 0 Å². The first kappa shape index (κ1) is 19.3. The fourth-order valence-electron chi connectivity index (χ4n) is 2.35. The van der Waals surface area contributed by atoms with Gasteiger partial charge in [-0.3, -0.25) is 14.4 Å². The lowest BCUT2D eigenvalue weighted by Crippen LogP contribution is -2.51. The summed E-state index contributed by atoms with van der Waals surface area (Å²) in [5.74, 6) is 1.02. The molecule has 1 fully saturated rings. The minimum Gasteiger partial charge on any atom is -0.375 e. The summed E-state index contributed by atoms with van der Waals surface area (Å²) >= 11 is 1.24. The number of carbonyl (C=O) groups is 3. The van der Waals surface area contributed by atoms with Crippen LogP contribution in [0.2, 0.25) is 0 Å². The molecule has 0 saturated carbocycles. The summed E-state index contributed by atoms with van der Waals surface area (Å²) in [4.78, 5) is 39.0. The van der Waals surface area contributed by atoms with Gasteiger partial charge in [0.25, 0.3) is 0 Å². The van der Waals surface area contributed by atoms with Crippen LogP contribution in [0.3, 0.4) is 0 Å². The van der Waals surface area contributed by atoms with Gasteiger partial charge in [0.1, 0.15) is 12.4 Å². The number of hydrogen-bond donors (Lipinski definition) is 1. The van der Waals surface area contributed by atoms with Crippen LogP contribution in [0.1, 0.15) is 5.76 Å². The lowest BCUT2D eigenvalue weighted by Gasteiger charge is -2.34. The van der Waals surface area contributed by atoms with Gasteiger partial charge in [-0.25, -0.2) is 0 Å². The molecule has 1 N–H and O–H groups in total. The summed E-state index contributed by atoms with van der Waals surface area (Å²) in [6, 6.07) is 1.62. The normalized spacial score (nSPS) is 14.5. The predicted molar refractivity (Wildman–Crippen MR) is 92.2 cm³/mol. The van der Waals surface area contributed by atoms with Gasteiger partial charge in [0.05, 0.1) is 11.5 Å². The highest BCUT2D eigenvalue weighted by Crippen LogP contribution is 2.10. The van der Waals surface area contributed by atoms with Crippen molar-refractivity contribution >= 4 is 35.3 Å². The van der Waals surface area contributed by atoms with E-state index in [9.17, 15) is 14.4 Å². The second kappa shape index (κ2) is 9.42. The fraction of sp³-hybridized carbons (Fsp3) is 0.600. The molecular weight excluding hydrogens is 348 g/mol. The quantitative estimate of drug-likeness (QED) is 0.719. The van der Waals surface area contributed by atoms with Crippen molar-refractivity contribution in [2.45, 2.75) is 6.92 Å². The zero-order valence-corrected chi connectivity index (χ0v) is 15.1. The third-order valence-electron chi connectivity index (χ3n) is 3.61. The molecule has 0 atom stereocenters. The topological polar surface area (TPSA) is 105 Å². The Kier molecular flexibility index (Phi) is 7.26. The van der Waals surface area contributed by atoms with Crippen LogP contribution in [-0.2, 0) is 19.1 Å². The Labute approximate surface area is 150 Å². The van der Waals surface area contributed by atoms with Gasteiger partial charge in [0, 0.05) is 39.4 Å². The highest BCUT2D eigenvalue weighted by molar-refractivity contribution is 8.00. The number of anilines is 1. The van der Waals surface area contributed by atoms with Crippen molar-refractivity contribution < 1.29 is 23.6 Å². The van der Waals surface area contributed by atoms with Gasteiger partial charge in [-0.05, 0) is 6.92 Å². The number of methoxy groups -OCH3 is 1. The lowest BCUT2D eigenvalue weighted by molar-refractivity contribution is -0.140. The Morgan fingerprint density at radius 3 is 2.40 bits per heavy atom. The molecule has 1 aromatic heterocycles. The second-order valence-corrected chi connectivity index (χ2v) is 6.54. The van der Waals surface area contributed by atoms with Gasteiger partial charge in [0.15, 0.2) is 5.82 Å². The highest BCUT2D eigenvalue weighted by atomic mass is 32.2. The molecule has 2 heterocycles. The zero-order valence-electron chi connectivity index (χ0n) is 14.3. The smallest absolute Gasteiger partial charge is 0.248 e. The van der Waals surface area contributed by atoms with Crippen molar-refractivity contribution in [3.05, 3.63) is 11.8 Å². The van der Waals surface area contributed by atoms with Crippen LogP contribution < -0.4 is 5.32 Å². The summed E-state index contributed by atoms with van der Waals surface area (Å²) in [6.07, 6.45) is 0. The Hall–Kier alpha value is -2.07. The van der Waals surface area contributed by atoms with E-state index in [-0.39, 0.29) is 35.8 Å². The lowest BCUT2D eigenvalue weighted by atomic mass is 10.3. The van der Waals surface area contributed by atoms with Crippen molar-refractivity contribution in [2.75, 3.05) is 56.7 Å². The van der Waals surface area contributed by atoms with E-state index >= 15 is 0 Å². The maximum absolute atomic E-state index is 12.2. The van der Waals surface area contributed by atoms with Crippen LogP contribution >= 0.6 is 11.8 Å². The molecule has 9 nitrogen and oxygen atoms in total. The van der Waals surface area contributed by atoms with Crippen LogP contribution in [0, 0.1) is 6.92 Å². The molecule has 10 heteroatoms. The van der Waals surface area contributed by atoms with E-state index in [2.05, 4.69) is 10.5 Å². The van der Waals surface area contributed by atoms with E-state index in [1.54, 1.807) is 22.8 Å². The average Bonchev–Trinajstić information content (AvgIpc) is 3.00. The molecule has 1 aromatic rings. The van der Waals surface area contributed by atoms with E-state index < -0.39 is 0 Å². The minimum atomic E-state index is -0.235. The summed E-state index contributed by atoms with van der Waals surface area (Å²) in [5.41, 5.74) is 0. The number of carbonyl (C=O) groups excluding carboxylic acids is 3. The molecule has 0 unspecified atom stereocenters. The first-order valence-electron chi connectivity index (χ1n) is 7.85. The van der Waals surface area contributed by atoms with Crippen molar-refractivity contribution in [1.82, 2.24) is 15.0 Å². The van der Waals surface area contributed by atoms with Crippen LogP contribution in [0.15, 0.2) is 10.6 Å². The first-order valence-corrected chi connectivity index (χ1v) is 9.00. The number of amides is 3. The standard InChI is InChI=1S/C15H22N4O5S/c1-11-7-12(17-24-11)16-13(20)9-25-10-15(22)19-5-3-18(4-6-19)14(21)8-23-2/h7H,3-6,8-10H2,1-2H3,(H,16,17,20). The molecule has 1 aliphatic rings. The number of aryl methyl sites for hydroxylation is 1. The number of rotatable bonds is 7. The Bertz CT molecular complexity index is 613. The third kappa shape index (κ3) is 6.05. The molecule has 0 bridgehead atoms. The van der Waals surface area contributed by atoms with Gasteiger partial charge in [-0.2, -0.15) is 0 Å². The second-order valence-electron chi connectivity index (χ2n) is 5.56. The van der Waals surface area contributed by atoms with E-state index in [0.29, 0.717) is 37.8 Å². The molecule has 0 aromatic carbocycles. The largest absolute Gasteiger partial charge is 0.375 e. The molecule has 2 rings (SSSR count). The third-order valence-corrected chi connectivity index (χ3v) is 4.52. The molecule has 0 spiro atoms. The van der Waals surface area contributed by atoms with E-state index in [4.69, 9.17) is 9.26 Å². The Morgan fingerprint density at radius 1 is 1.20 bits per heavy atom. The zero-order chi connectivity index (χ0) is 18.2. The molecule has 1 aliphatic heterocycles. The van der Waals surface area contributed by atoms with Gasteiger partial charge in [-0.1, -0.05) is 5.16 Å². The number of aromatic nitrogens is 1. The summed E-state index contributed by atoms with van der Waals surface area (Å²) < 4.78 is 9.69. The number of ether oxygens (including phenoxy) is 1. The fourth-order valence-corrected chi connectivity index (χ4v) is 3.06. The summed E-state index contributed by atoms with van der Waals surface area (Å²) in [6.45, 7) is 3.80. The van der Waals surface area contributed by atoms with Crippen LogP contribution in [-0.4, -0.2) is 84.1 Å². The van der Waals surface area contributed by atoms with E-state index in [0.717, 1.165) is 0 Å². The van der Waals surface area contributed by atoms with Crippen molar-refractivity contribution in [3.63, 3.8) is 0 Å². The van der Waals surface area contributed by atoms with Crippen LogP contribution in [0.4, 0.5) is 5.82 Å². The number of nitrogens with zero attached hydrogens (tertiary/aromatic N) is 3. The van der Waals surface area contributed by atoms with Crippen LogP contribution in [0.25, 0.3) is 0 Å². The molecule has 138 valence electrons. The SMILES string of the molecule is COCC(=O)N1CCN(C(=O)CSCC(=O)Nc2cc(C)on2)CC1. The molecule has 0 aliphatic carbocycles. The van der Waals surface area contributed by atoms with Gasteiger partial charge >= 0.3 is 0 Å². The van der Waals surface area contributed by atoms with E-state index in [1.165, 1.54) is 18.9 Å². The monoisotopic (exact) mass is 370 g/mol. The average molecular weight is 370 g/mol. The first-order chi connectivity index (χ1) is 12.0. The summed E-state index contributed by atoms with van der Waals surface area (Å²) in [7, 11) is 1.48. The molecule has 1 saturated heterocycles.